The lowest BCUT2D eigenvalue weighted by atomic mass is 10.2. The maximum absolute atomic E-state index is 12.7. The molecular weight excluding hydrogens is 346 g/mol. The van der Waals surface area contributed by atoms with Crippen LogP contribution in [-0.4, -0.2) is 48.9 Å². The smallest absolute Gasteiger partial charge is 0.327 e. The highest BCUT2D eigenvalue weighted by Gasteiger charge is 2.20. The molecule has 0 saturated carbocycles. The van der Waals surface area contributed by atoms with Crippen LogP contribution in [0.3, 0.4) is 0 Å². The van der Waals surface area contributed by atoms with Crippen molar-refractivity contribution in [3.05, 3.63) is 36.5 Å². The SMILES string of the molecule is CCNC(=O)N(c1ccc(OCC)cc1)c1ccnc(N[C@@H](C)COC)n1. The molecule has 0 fully saturated rings. The fraction of sp³-hybridized carbons (Fsp3) is 0.421. The summed E-state index contributed by atoms with van der Waals surface area (Å²) in [5.41, 5.74) is 0.680. The molecule has 2 aromatic rings. The summed E-state index contributed by atoms with van der Waals surface area (Å²) >= 11 is 0. The van der Waals surface area contributed by atoms with Crippen molar-refractivity contribution in [3.63, 3.8) is 0 Å². The van der Waals surface area contributed by atoms with Crippen LogP contribution in [0.5, 0.6) is 5.75 Å². The summed E-state index contributed by atoms with van der Waals surface area (Å²) in [6.07, 6.45) is 1.62. The molecule has 8 nitrogen and oxygen atoms in total. The maximum Gasteiger partial charge on any atom is 0.327 e. The Labute approximate surface area is 159 Å². The Morgan fingerprint density at radius 1 is 1.22 bits per heavy atom. The molecule has 1 heterocycles. The molecule has 0 spiro atoms. The third-order valence-electron chi connectivity index (χ3n) is 3.60. The number of hydrogen-bond donors (Lipinski definition) is 2. The lowest BCUT2D eigenvalue weighted by Crippen LogP contribution is -2.37. The molecule has 0 saturated heterocycles. The van der Waals surface area contributed by atoms with Crippen molar-refractivity contribution in [2.24, 2.45) is 0 Å². The first-order chi connectivity index (χ1) is 13.1. The minimum Gasteiger partial charge on any atom is -0.494 e. The number of methoxy groups -OCH3 is 1. The Bertz CT molecular complexity index is 724. The molecule has 8 heteroatoms. The molecule has 0 unspecified atom stereocenters. The van der Waals surface area contributed by atoms with E-state index in [-0.39, 0.29) is 12.1 Å². The van der Waals surface area contributed by atoms with Crippen molar-refractivity contribution in [3.8, 4) is 5.75 Å². The summed E-state index contributed by atoms with van der Waals surface area (Å²) in [5.74, 6) is 1.64. The zero-order valence-corrected chi connectivity index (χ0v) is 16.2. The number of carbonyl (C=O) groups is 1. The third-order valence-corrected chi connectivity index (χ3v) is 3.60. The minimum absolute atomic E-state index is 0.0358. The van der Waals surface area contributed by atoms with Crippen LogP contribution in [0.15, 0.2) is 36.5 Å². The molecule has 1 atom stereocenters. The van der Waals surface area contributed by atoms with Crippen molar-refractivity contribution in [2.45, 2.75) is 26.8 Å². The highest BCUT2D eigenvalue weighted by Crippen LogP contribution is 2.26. The molecule has 2 N–H and O–H groups in total. The van der Waals surface area contributed by atoms with E-state index < -0.39 is 0 Å². The first-order valence-electron chi connectivity index (χ1n) is 8.98. The van der Waals surface area contributed by atoms with Gasteiger partial charge in [0.25, 0.3) is 0 Å². The molecule has 2 amide bonds. The number of nitrogens with zero attached hydrogens (tertiary/aromatic N) is 3. The number of hydrogen-bond acceptors (Lipinski definition) is 6. The van der Waals surface area contributed by atoms with E-state index in [1.807, 2.05) is 45.0 Å². The Hall–Kier alpha value is -2.87. The predicted octanol–water partition coefficient (Wildman–Crippen LogP) is 3.19. The molecule has 0 radical (unpaired) electrons. The molecule has 1 aromatic carbocycles. The standard InChI is InChI=1S/C19H27N5O3/c1-5-20-19(25)24(15-7-9-16(10-8-15)27-6-2)17-11-12-21-18(23-17)22-14(3)13-26-4/h7-12,14H,5-6,13H2,1-4H3,(H,20,25)(H,21,22,23)/t14-/m0/s1. The number of ether oxygens (including phenoxy) is 2. The summed E-state index contributed by atoms with van der Waals surface area (Å²) in [7, 11) is 1.64. The average molecular weight is 373 g/mol. The number of rotatable bonds is 9. The van der Waals surface area contributed by atoms with Crippen LogP contribution in [0.25, 0.3) is 0 Å². The van der Waals surface area contributed by atoms with Gasteiger partial charge in [0.1, 0.15) is 11.6 Å². The Morgan fingerprint density at radius 2 is 1.96 bits per heavy atom. The van der Waals surface area contributed by atoms with E-state index in [1.165, 1.54) is 4.90 Å². The molecule has 0 aliphatic rings. The molecule has 27 heavy (non-hydrogen) atoms. The summed E-state index contributed by atoms with van der Waals surface area (Å²) < 4.78 is 10.6. The maximum atomic E-state index is 12.7. The second kappa shape index (κ2) is 10.3. The first-order valence-corrected chi connectivity index (χ1v) is 8.98. The van der Waals surface area contributed by atoms with E-state index in [9.17, 15) is 4.79 Å². The van der Waals surface area contributed by atoms with Gasteiger partial charge < -0.3 is 20.1 Å². The summed E-state index contributed by atoms with van der Waals surface area (Å²) in [5, 5.41) is 5.98. The second-order valence-corrected chi connectivity index (χ2v) is 5.84. The Kier molecular flexibility index (Phi) is 7.81. The lowest BCUT2D eigenvalue weighted by Gasteiger charge is -2.23. The fourth-order valence-corrected chi connectivity index (χ4v) is 2.50. The first kappa shape index (κ1) is 20.4. The van der Waals surface area contributed by atoms with Crippen molar-refractivity contribution in [1.82, 2.24) is 15.3 Å². The summed E-state index contributed by atoms with van der Waals surface area (Å²) in [4.78, 5) is 22.9. The van der Waals surface area contributed by atoms with Crippen molar-refractivity contribution < 1.29 is 14.3 Å². The molecule has 2 rings (SSSR count). The minimum atomic E-state index is -0.267. The predicted molar refractivity (Wildman–Crippen MR) is 106 cm³/mol. The summed E-state index contributed by atoms with van der Waals surface area (Å²) in [6, 6.07) is 8.76. The van der Waals surface area contributed by atoms with Gasteiger partial charge in [-0.05, 0) is 45.0 Å². The van der Waals surface area contributed by atoms with E-state index in [2.05, 4.69) is 20.6 Å². The number of urea groups is 1. The van der Waals surface area contributed by atoms with Crippen LogP contribution in [0, 0.1) is 0 Å². The second-order valence-electron chi connectivity index (χ2n) is 5.84. The van der Waals surface area contributed by atoms with Crippen LogP contribution in [0.4, 0.5) is 22.2 Å². The highest BCUT2D eigenvalue weighted by atomic mass is 16.5. The molecule has 0 aliphatic heterocycles. The van der Waals surface area contributed by atoms with Gasteiger partial charge in [0.2, 0.25) is 5.95 Å². The molecular formula is C19H27N5O3. The zero-order valence-electron chi connectivity index (χ0n) is 16.2. The Balaban J connectivity index is 2.32. The van der Waals surface area contributed by atoms with E-state index in [4.69, 9.17) is 9.47 Å². The third kappa shape index (κ3) is 5.82. The van der Waals surface area contributed by atoms with E-state index in [0.717, 1.165) is 5.75 Å². The van der Waals surface area contributed by atoms with Crippen molar-refractivity contribution in [2.75, 3.05) is 37.1 Å². The van der Waals surface area contributed by atoms with E-state index >= 15 is 0 Å². The highest BCUT2D eigenvalue weighted by molar-refractivity contribution is 5.98. The molecule has 146 valence electrons. The topological polar surface area (TPSA) is 88.6 Å². The average Bonchev–Trinajstić information content (AvgIpc) is 2.64. The van der Waals surface area contributed by atoms with Gasteiger partial charge in [0.15, 0.2) is 0 Å². The van der Waals surface area contributed by atoms with Crippen LogP contribution >= 0.6 is 0 Å². The van der Waals surface area contributed by atoms with Gasteiger partial charge in [0.05, 0.1) is 18.9 Å². The van der Waals surface area contributed by atoms with Crippen LogP contribution < -0.4 is 20.3 Å². The van der Waals surface area contributed by atoms with Gasteiger partial charge in [-0.2, -0.15) is 4.98 Å². The summed E-state index contributed by atoms with van der Waals surface area (Å²) in [6.45, 7) is 7.37. The van der Waals surface area contributed by atoms with E-state index in [1.54, 1.807) is 19.4 Å². The zero-order chi connectivity index (χ0) is 19.6. The molecule has 0 aliphatic carbocycles. The van der Waals surface area contributed by atoms with Gasteiger partial charge in [-0.3, -0.25) is 0 Å². The number of benzene rings is 1. The van der Waals surface area contributed by atoms with Crippen LogP contribution in [0.1, 0.15) is 20.8 Å². The van der Waals surface area contributed by atoms with Gasteiger partial charge in [-0.25, -0.2) is 14.7 Å². The van der Waals surface area contributed by atoms with E-state index in [0.29, 0.717) is 37.2 Å². The normalized spacial score (nSPS) is 11.6. The monoisotopic (exact) mass is 373 g/mol. The number of anilines is 3. The number of carbonyl (C=O) groups excluding carboxylic acids is 1. The quantitative estimate of drug-likeness (QED) is 0.702. The van der Waals surface area contributed by atoms with Gasteiger partial charge in [0, 0.05) is 32.0 Å². The number of nitrogens with one attached hydrogen (secondary N) is 2. The van der Waals surface area contributed by atoms with Crippen LogP contribution in [0.2, 0.25) is 0 Å². The number of aromatic nitrogens is 2. The van der Waals surface area contributed by atoms with Gasteiger partial charge in [-0.1, -0.05) is 0 Å². The fourth-order valence-electron chi connectivity index (χ4n) is 2.50. The van der Waals surface area contributed by atoms with Gasteiger partial charge >= 0.3 is 6.03 Å². The van der Waals surface area contributed by atoms with Crippen molar-refractivity contribution >= 4 is 23.5 Å². The Morgan fingerprint density at radius 3 is 2.59 bits per heavy atom. The number of amides is 2. The molecule has 1 aromatic heterocycles. The van der Waals surface area contributed by atoms with Gasteiger partial charge in [-0.15, -0.1) is 0 Å². The van der Waals surface area contributed by atoms with Crippen molar-refractivity contribution in [1.29, 1.82) is 0 Å². The molecule has 0 bridgehead atoms. The lowest BCUT2D eigenvalue weighted by molar-refractivity contribution is 0.190. The largest absolute Gasteiger partial charge is 0.494 e. The van der Waals surface area contributed by atoms with Crippen LogP contribution in [-0.2, 0) is 4.74 Å².